The number of aromatic nitrogens is 2. The SMILES string of the molecule is Cc1c2nc([nH]c1=O)COCCOCCOCCOCCOC2. The van der Waals surface area contributed by atoms with E-state index in [1.807, 2.05) is 0 Å². The molecule has 0 radical (unpaired) electrons. The Labute approximate surface area is 135 Å². The summed E-state index contributed by atoms with van der Waals surface area (Å²) >= 11 is 0. The van der Waals surface area contributed by atoms with E-state index in [0.717, 1.165) is 0 Å². The fourth-order valence-electron chi connectivity index (χ4n) is 1.95. The van der Waals surface area contributed by atoms with Gasteiger partial charge in [0.15, 0.2) is 0 Å². The van der Waals surface area contributed by atoms with E-state index in [0.29, 0.717) is 69.9 Å². The summed E-state index contributed by atoms with van der Waals surface area (Å²) in [7, 11) is 0. The Bertz CT molecular complexity index is 519. The second-order valence-electron chi connectivity index (χ2n) is 5.03. The highest BCUT2D eigenvalue weighted by atomic mass is 16.6. The molecule has 2 rings (SSSR count). The second-order valence-corrected chi connectivity index (χ2v) is 5.03. The highest BCUT2D eigenvalue weighted by Crippen LogP contribution is 2.03. The molecule has 0 fully saturated rings. The lowest BCUT2D eigenvalue weighted by atomic mass is 10.2. The van der Waals surface area contributed by atoms with Crippen molar-refractivity contribution in [3.05, 3.63) is 27.4 Å². The summed E-state index contributed by atoms with van der Waals surface area (Å²) in [4.78, 5) is 19.0. The fourth-order valence-corrected chi connectivity index (χ4v) is 1.95. The standard InChI is InChI=1S/C15H24N2O6/c1-12-13-10-22-8-6-20-4-2-19-3-5-21-7-9-23-11-14(16-13)17-15(12)18/h2-11H2,1H3,(H,16,17,18). The van der Waals surface area contributed by atoms with Gasteiger partial charge in [-0.05, 0) is 6.92 Å². The largest absolute Gasteiger partial charge is 0.377 e. The summed E-state index contributed by atoms with van der Waals surface area (Å²) in [6, 6.07) is 0. The highest BCUT2D eigenvalue weighted by molar-refractivity contribution is 5.15. The van der Waals surface area contributed by atoms with Crippen molar-refractivity contribution < 1.29 is 23.7 Å². The Balaban J connectivity index is 1.93. The van der Waals surface area contributed by atoms with Crippen molar-refractivity contribution in [1.29, 1.82) is 0 Å². The molecule has 23 heavy (non-hydrogen) atoms. The van der Waals surface area contributed by atoms with Crippen LogP contribution in [0.2, 0.25) is 0 Å². The van der Waals surface area contributed by atoms with E-state index in [1.165, 1.54) is 0 Å². The zero-order valence-electron chi connectivity index (χ0n) is 13.5. The average Bonchev–Trinajstić information content (AvgIpc) is 2.54. The molecule has 0 atom stereocenters. The number of ether oxygens (including phenoxy) is 5. The minimum atomic E-state index is -0.170. The van der Waals surface area contributed by atoms with Crippen LogP contribution in [0.15, 0.2) is 4.79 Å². The Hall–Kier alpha value is -1.32. The van der Waals surface area contributed by atoms with Crippen molar-refractivity contribution in [2.24, 2.45) is 0 Å². The zero-order chi connectivity index (χ0) is 16.3. The first-order chi connectivity index (χ1) is 11.3. The number of aromatic amines is 1. The van der Waals surface area contributed by atoms with E-state index >= 15 is 0 Å². The Morgan fingerprint density at radius 3 is 1.83 bits per heavy atom. The lowest BCUT2D eigenvalue weighted by molar-refractivity contribution is -0.0156. The first-order valence-corrected chi connectivity index (χ1v) is 7.75. The Morgan fingerprint density at radius 1 is 0.783 bits per heavy atom. The predicted molar refractivity (Wildman–Crippen MR) is 81.4 cm³/mol. The lowest BCUT2D eigenvalue weighted by Gasteiger charge is -2.11. The molecule has 130 valence electrons. The maximum Gasteiger partial charge on any atom is 0.254 e. The minimum Gasteiger partial charge on any atom is -0.377 e. The summed E-state index contributed by atoms with van der Waals surface area (Å²) in [5, 5.41) is 0. The third-order valence-electron chi connectivity index (χ3n) is 3.27. The van der Waals surface area contributed by atoms with E-state index in [4.69, 9.17) is 23.7 Å². The van der Waals surface area contributed by atoms with Crippen molar-refractivity contribution in [2.45, 2.75) is 20.1 Å². The average molecular weight is 328 g/mol. The first kappa shape index (κ1) is 18.0. The second kappa shape index (κ2) is 10.5. The van der Waals surface area contributed by atoms with E-state index in [-0.39, 0.29) is 18.8 Å². The molecule has 2 heterocycles. The van der Waals surface area contributed by atoms with Crippen LogP contribution in [0.25, 0.3) is 0 Å². The van der Waals surface area contributed by atoms with Crippen molar-refractivity contribution in [3.8, 4) is 0 Å². The van der Waals surface area contributed by atoms with Gasteiger partial charge in [0.25, 0.3) is 5.56 Å². The fraction of sp³-hybridized carbons (Fsp3) is 0.733. The molecular formula is C15H24N2O6. The quantitative estimate of drug-likeness (QED) is 0.726. The van der Waals surface area contributed by atoms with E-state index < -0.39 is 0 Å². The molecule has 2 bridgehead atoms. The Morgan fingerprint density at radius 2 is 1.26 bits per heavy atom. The monoisotopic (exact) mass is 328 g/mol. The number of hydrogen-bond donors (Lipinski definition) is 1. The van der Waals surface area contributed by atoms with E-state index in [1.54, 1.807) is 6.92 Å². The number of nitrogens with one attached hydrogen (secondary N) is 1. The van der Waals surface area contributed by atoms with Gasteiger partial charge in [-0.25, -0.2) is 4.98 Å². The number of fused-ring (bicyclic) bond motifs is 2. The molecule has 0 spiro atoms. The van der Waals surface area contributed by atoms with Gasteiger partial charge in [0.2, 0.25) is 0 Å². The molecule has 1 aliphatic heterocycles. The third kappa shape index (κ3) is 6.76. The van der Waals surface area contributed by atoms with Crippen LogP contribution in [-0.4, -0.2) is 62.8 Å². The van der Waals surface area contributed by atoms with Crippen LogP contribution in [0.4, 0.5) is 0 Å². The van der Waals surface area contributed by atoms with Crippen molar-refractivity contribution in [3.63, 3.8) is 0 Å². The van der Waals surface area contributed by atoms with Crippen molar-refractivity contribution in [2.75, 3.05) is 52.9 Å². The predicted octanol–water partition coefficient (Wildman–Crippen LogP) is 0.175. The molecule has 0 aliphatic carbocycles. The number of H-pyrrole nitrogens is 1. The molecule has 8 nitrogen and oxygen atoms in total. The van der Waals surface area contributed by atoms with Gasteiger partial charge in [-0.3, -0.25) is 4.79 Å². The number of nitrogens with zero attached hydrogens (tertiary/aromatic N) is 1. The van der Waals surface area contributed by atoms with Crippen LogP contribution in [-0.2, 0) is 36.9 Å². The van der Waals surface area contributed by atoms with Gasteiger partial charge in [0, 0.05) is 5.56 Å². The van der Waals surface area contributed by atoms with Crippen LogP contribution in [0.3, 0.4) is 0 Å². The van der Waals surface area contributed by atoms with Crippen LogP contribution in [0, 0.1) is 6.92 Å². The Kier molecular flexibility index (Phi) is 8.19. The summed E-state index contributed by atoms with van der Waals surface area (Å²) in [6.45, 7) is 6.09. The smallest absolute Gasteiger partial charge is 0.254 e. The normalized spacial score (nSPS) is 19.7. The van der Waals surface area contributed by atoms with Crippen LogP contribution in [0.5, 0.6) is 0 Å². The molecule has 0 saturated heterocycles. The molecule has 1 N–H and O–H groups in total. The summed E-state index contributed by atoms with van der Waals surface area (Å²) in [5.41, 5.74) is 1.00. The van der Waals surface area contributed by atoms with E-state index in [9.17, 15) is 4.79 Å². The molecule has 1 aliphatic rings. The molecule has 1 aromatic heterocycles. The maximum absolute atomic E-state index is 11.9. The van der Waals surface area contributed by atoms with Crippen LogP contribution >= 0.6 is 0 Å². The number of hydrogen-bond acceptors (Lipinski definition) is 7. The summed E-state index contributed by atoms with van der Waals surface area (Å²) in [6.07, 6.45) is 0. The van der Waals surface area contributed by atoms with Crippen LogP contribution < -0.4 is 5.56 Å². The third-order valence-corrected chi connectivity index (χ3v) is 3.27. The topological polar surface area (TPSA) is 91.9 Å². The van der Waals surface area contributed by atoms with Gasteiger partial charge >= 0.3 is 0 Å². The first-order valence-electron chi connectivity index (χ1n) is 7.75. The summed E-state index contributed by atoms with van der Waals surface area (Å²) < 4.78 is 27.1. The molecule has 0 unspecified atom stereocenters. The molecule has 1 aromatic rings. The highest BCUT2D eigenvalue weighted by Gasteiger charge is 2.08. The summed E-state index contributed by atoms with van der Waals surface area (Å²) in [5.74, 6) is 0.486. The van der Waals surface area contributed by atoms with Gasteiger partial charge in [-0.15, -0.1) is 0 Å². The van der Waals surface area contributed by atoms with Gasteiger partial charge in [-0.2, -0.15) is 0 Å². The molecular weight excluding hydrogens is 304 g/mol. The minimum absolute atomic E-state index is 0.170. The van der Waals surface area contributed by atoms with Gasteiger partial charge in [0.05, 0.1) is 65.2 Å². The maximum atomic E-state index is 11.9. The molecule has 0 amide bonds. The lowest BCUT2D eigenvalue weighted by Crippen LogP contribution is -2.20. The molecule has 0 aromatic carbocycles. The van der Waals surface area contributed by atoms with Gasteiger partial charge in [-0.1, -0.05) is 0 Å². The zero-order valence-corrected chi connectivity index (χ0v) is 13.5. The molecule has 8 heteroatoms. The van der Waals surface area contributed by atoms with Crippen LogP contribution in [0.1, 0.15) is 17.1 Å². The van der Waals surface area contributed by atoms with Gasteiger partial charge < -0.3 is 28.7 Å². The van der Waals surface area contributed by atoms with Crippen molar-refractivity contribution in [1.82, 2.24) is 9.97 Å². The number of rotatable bonds is 0. The van der Waals surface area contributed by atoms with Crippen molar-refractivity contribution >= 4 is 0 Å². The molecule has 0 saturated carbocycles. The van der Waals surface area contributed by atoms with Gasteiger partial charge in [0.1, 0.15) is 12.4 Å². The van der Waals surface area contributed by atoms with E-state index in [2.05, 4.69) is 9.97 Å².